The van der Waals surface area contributed by atoms with Crippen LogP contribution in [0, 0.1) is 0 Å². The second kappa shape index (κ2) is 4.21. The molecule has 1 aromatic rings. The third-order valence-corrected chi connectivity index (χ3v) is 4.85. The molecular formula is C14H11Br2NO2. The number of carbonyl (C=O) groups is 1. The number of carbonyl (C=O) groups excluding carboxylic acids is 1. The van der Waals surface area contributed by atoms with E-state index in [1.54, 1.807) is 0 Å². The number of anilines is 1. The van der Waals surface area contributed by atoms with Gasteiger partial charge in [-0.25, -0.2) is 0 Å². The molecule has 2 heterocycles. The lowest BCUT2D eigenvalue weighted by Crippen LogP contribution is -2.19. The molecule has 0 saturated carbocycles. The van der Waals surface area contributed by atoms with Gasteiger partial charge in [-0.05, 0) is 32.1 Å². The van der Waals surface area contributed by atoms with Crippen LogP contribution in [0.15, 0.2) is 39.0 Å². The molecule has 0 aromatic heterocycles. The Labute approximate surface area is 128 Å². The fourth-order valence-corrected chi connectivity index (χ4v) is 2.80. The third kappa shape index (κ3) is 2.05. The Hall–Kier alpha value is -1.07. The quantitative estimate of drug-likeness (QED) is 0.680. The maximum Gasteiger partial charge on any atom is 0.260 e. The van der Waals surface area contributed by atoms with E-state index in [1.165, 1.54) is 0 Å². The van der Waals surface area contributed by atoms with Crippen LogP contribution in [0.4, 0.5) is 5.69 Å². The lowest BCUT2D eigenvalue weighted by Gasteiger charge is -2.19. The van der Waals surface area contributed by atoms with Crippen LogP contribution in [-0.4, -0.2) is 11.5 Å². The van der Waals surface area contributed by atoms with Crippen LogP contribution in [0.1, 0.15) is 19.4 Å². The number of ether oxygens (including phenoxy) is 1. The van der Waals surface area contributed by atoms with Gasteiger partial charge in [0.2, 0.25) is 0 Å². The maximum absolute atomic E-state index is 12.1. The predicted molar refractivity (Wildman–Crippen MR) is 81.9 cm³/mol. The van der Waals surface area contributed by atoms with Crippen molar-refractivity contribution < 1.29 is 9.53 Å². The highest BCUT2D eigenvalue weighted by Gasteiger charge is 2.36. The molecule has 0 bridgehead atoms. The Morgan fingerprint density at radius 1 is 1.26 bits per heavy atom. The Balaban J connectivity index is 2.16. The number of nitrogens with one attached hydrogen (secondary N) is 1. The summed E-state index contributed by atoms with van der Waals surface area (Å²) in [6, 6.07) is 5.72. The van der Waals surface area contributed by atoms with Crippen LogP contribution in [0.5, 0.6) is 0 Å². The summed E-state index contributed by atoms with van der Waals surface area (Å²) in [7, 11) is 0. The van der Waals surface area contributed by atoms with Gasteiger partial charge in [0.1, 0.15) is 11.4 Å². The van der Waals surface area contributed by atoms with Gasteiger partial charge in [0, 0.05) is 14.5 Å². The van der Waals surface area contributed by atoms with E-state index < -0.39 is 5.60 Å². The normalized spacial score (nSPS) is 23.8. The molecule has 0 saturated heterocycles. The first-order valence-corrected chi connectivity index (χ1v) is 7.39. The van der Waals surface area contributed by atoms with E-state index in [0.29, 0.717) is 11.3 Å². The topological polar surface area (TPSA) is 38.3 Å². The molecule has 1 N–H and O–H groups in total. The first-order chi connectivity index (χ1) is 8.88. The predicted octanol–water partition coefficient (Wildman–Crippen LogP) is 4.20. The summed E-state index contributed by atoms with van der Waals surface area (Å²) in [5.74, 6) is 0.479. The van der Waals surface area contributed by atoms with Gasteiger partial charge in [-0.3, -0.25) is 4.79 Å². The Bertz CT molecular complexity index is 659. The smallest absolute Gasteiger partial charge is 0.260 e. The molecule has 2 aliphatic rings. The number of amides is 1. The summed E-state index contributed by atoms with van der Waals surface area (Å²) < 4.78 is 7.73. The first-order valence-electron chi connectivity index (χ1n) is 5.81. The maximum atomic E-state index is 12.1. The van der Waals surface area contributed by atoms with Crippen molar-refractivity contribution >= 4 is 49.0 Å². The van der Waals surface area contributed by atoms with E-state index >= 15 is 0 Å². The summed E-state index contributed by atoms with van der Waals surface area (Å²) in [6.07, 6.45) is 1.87. The van der Waals surface area contributed by atoms with Crippen molar-refractivity contribution in [3.8, 4) is 0 Å². The molecular weight excluding hydrogens is 374 g/mol. The number of allylic oxidation sites excluding steroid dienone is 1. The molecule has 3 rings (SSSR count). The first kappa shape index (κ1) is 12.9. The molecule has 1 amide bonds. The van der Waals surface area contributed by atoms with E-state index in [9.17, 15) is 4.79 Å². The van der Waals surface area contributed by atoms with Gasteiger partial charge >= 0.3 is 0 Å². The molecule has 98 valence electrons. The van der Waals surface area contributed by atoms with Crippen molar-refractivity contribution in [3.63, 3.8) is 0 Å². The molecule has 2 aliphatic heterocycles. The minimum absolute atomic E-state index is 0.127. The highest BCUT2D eigenvalue weighted by molar-refractivity contribution is 9.11. The van der Waals surface area contributed by atoms with Crippen molar-refractivity contribution in [1.29, 1.82) is 0 Å². The molecule has 5 heteroatoms. The highest BCUT2D eigenvalue weighted by Crippen LogP contribution is 2.43. The molecule has 0 unspecified atom stereocenters. The molecule has 0 spiro atoms. The monoisotopic (exact) mass is 383 g/mol. The second-order valence-electron chi connectivity index (χ2n) is 4.99. The summed E-state index contributed by atoms with van der Waals surface area (Å²) >= 11 is 6.88. The zero-order valence-electron chi connectivity index (χ0n) is 10.4. The molecule has 0 radical (unpaired) electrons. The highest BCUT2D eigenvalue weighted by atomic mass is 79.9. The van der Waals surface area contributed by atoms with Gasteiger partial charge in [0.15, 0.2) is 0 Å². The van der Waals surface area contributed by atoms with Gasteiger partial charge in [0.25, 0.3) is 5.91 Å². The second-order valence-corrected chi connectivity index (χ2v) is 6.76. The van der Waals surface area contributed by atoms with Crippen LogP contribution in [0.3, 0.4) is 0 Å². The minimum Gasteiger partial charge on any atom is -0.482 e. The average molecular weight is 385 g/mol. The average Bonchev–Trinajstić information content (AvgIpc) is 2.75. The SMILES string of the molecule is CC1(C)OC(=C2C(=O)Nc3cc(Br)ccc32)C=C1Br. The van der Waals surface area contributed by atoms with Gasteiger partial charge < -0.3 is 10.1 Å². The number of hydrogen-bond donors (Lipinski definition) is 1. The van der Waals surface area contributed by atoms with Gasteiger partial charge in [-0.1, -0.05) is 37.9 Å². The Morgan fingerprint density at radius 2 is 2.00 bits per heavy atom. The summed E-state index contributed by atoms with van der Waals surface area (Å²) in [5.41, 5.74) is 1.84. The largest absolute Gasteiger partial charge is 0.482 e. The number of hydrogen-bond acceptors (Lipinski definition) is 2. The van der Waals surface area contributed by atoms with Crippen LogP contribution in [0.2, 0.25) is 0 Å². The van der Waals surface area contributed by atoms with E-state index in [-0.39, 0.29) is 5.91 Å². The molecule has 3 nitrogen and oxygen atoms in total. The zero-order chi connectivity index (χ0) is 13.8. The van der Waals surface area contributed by atoms with Crippen LogP contribution >= 0.6 is 31.9 Å². The molecule has 19 heavy (non-hydrogen) atoms. The number of fused-ring (bicyclic) bond motifs is 1. The van der Waals surface area contributed by atoms with Gasteiger partial charge in [-0.2, -0.15) is 0 Å². The summed E-state index contributed by atoms with van der Waals surface area (Å²) in [4.78, 5) is 12.1. The summed E-state index contributed by atoms with van der Waals surface area (Å²) in [6.45, 7) is 3.91. The molecule has 0 fully saturated rings. The van der Waals surface area contributed by atoms with E-state index in [2.05, 4.69) is 37.2 Å². The van der Waals surface area contributed by atoms with Crippen LogP contribution < -0.4 is 5.32 Å². The number of rotatable bonds is 0. The standard InChI is InChI=1S/C14H11Br2NO2/c1-14(2)11(16)6-10(19-14)12-8-4-3-7(15)5-9(8)17-13(12)18/h3-6H,1-2H3,(H,17,18). The van der Waals surface area contributed by atoms with Crippen molar-refractivity contribution in [1.82, 2.24) is 0 Å². The fraction of sp³-hybridized carbons (Fsp3) is 0.214. The zero-order valence-corrected chi connectivity index (χ0v) is 13.6. The lowest BCUT2D eigenvalue weighted by atomic mass is 10.1. The van der Waals surface area contributed by atoms with E-state index in [0.717, 1.165) is 20.2 Å². The van der Waals surface area contributed by atoms with Crippen LogP contribution in [0.25, 0.3) is 5.57 Å². The van der Waals surface area contributed by atoms with E-state index in [4.69, 9.17) is 4.74 Å². The van der Waals surface area contributed by atoms with Crippen molar-refractivity contribution in [3.05, 3.63) is 44.6 Å². The Morgan fingerprint density at radius 3 is 2.63 bits per heavy atom. The molecule has 0 atom stereocenters. The molecule has 0 aliphatic carbocycles. The van der Waals surface area contributed by atoms with Gasteiger partial charge in [-0.15, -0.1) is 0 Å². The number of benzene rings is 1. The van der Waals surface area contributed by atoms with Crippen LogP contribution in [-0.2, 0) is 9.53 Å². The van der Waals surface area contributed by atoms with E-state index in [1.807, 2.05) is 38.1 Å². The molecule has 1 aromatic carbocycles. The van der Waals surface area contributed by atoms with Crippen molar-refractivity contribution in [2.45, 2.75) is 19.4 Å². The number of halogens is 2. The van der Waals surface area contributed by atoms with Crippen molar-refractivity contribution in [2.24, 2.45) is 0 Å². The van der Waals surface area contributed by atoms with Gasteiger partial charge in [0.05, 0.1) is 11.3 Å². The summed E-state index contributed by atoms with van der Waals surface area (Å²) in [5, 5.41) is 2.86. The lowest BCUT2D eigenvalue weighted by molar-refractivity contribution is -0.111. The van der Waals surface area contributed by atoms with Crippen molar-refractivity contribution in [2.75, 3.05) is 5.32 Å². The minimum atomic E-state index is -0.430. The third-order valence-electron chi connectivity index (χ3n) is 3.17. The fourth-order valence-electron chi connectivity index (χ4n) is 2.15. The Kier molecular flexibility index (Phi) is 2.87.